The number of para-hydroxylation sites is 1. The molecule has 2 aromatic carbocycles. The van der Waals surface area contributed by atoms with Crippen LogP contribution < -0.4 is 5.32 Å². The molecule has 0 aliphatic carbocycles. The molecule has 3 aromatic rings. The Morgan fingerprint density at radius 2 is 1.61 bits per heavy atom. The number of hydrogen-bond acceptors (Lipinski definition) is 2. The summed E-state index contributed by atoms with van der Waals surface area (Å²) in [5, 5.41) is 2.88. The fourth-order valence-electron chi connectivity index (χ4n) is 2.39. The number of aromatic nitrogens is 1. The summed E-state index contributed by atoms with van der Waals surface area (Å²) in [5.74, 6) is -1.14. The monoisotopic (exact) mass is 306 g/mol. The molecular formula is C19H15FN2O. The Morgan fingerprint density at radius 3 is 2.26 bits per heavy atom. The average molecular weight is 306 g/mol. The van der Waals surface area contributed by atoms with E-state index in [1.807, 2.05) is 36.4 Å². The van der Waals surface area contributed by atoms with Gasteiger partial charge in [-0.2, -0.15) is 0 Å². The molecule has 0 spiro atoms. The molecule has 3 nitrogen and oxygen atoms in total. The maximum absolute atomic E-state index is 13.2. The van der Waals surface area contributed by atoms with Crippen LogP contribution in [0.15, 0.2) is 79.0 Å². The second-order valence-electron chi connectivity index (χ2n) is 5.09. The Morgan fingerprint density at radius 1 is 0.913 bits per heavy atom. The van der Waals surface area contributed by atoms with Crippen molar-refractivity contribution in [3.05, 3.63) is 96.1 Å². The van der Waals surface area contributed by atoms with E-state index in [-0.39, 0.29) is 11.7 Å². The smallest absolute Gasteiger partial charge is 0.237 e. The average Bonchev–Trinajstić information content (AvgIpc) is 2.59. The molecule has 114 valence electrons. The van der Waals surface area contributed by atoms with Gasteiger partial charge < -0.3 is 5.32 Å². The van der Waals surface area contributed by atoms with Crippen molar-refractivity contribution in [3.63, 3.8) is 0 Å². The number of carbonyl (C=O) groups is 1. The van der Waals surface area contributed by atoms with Gasteiger partial charge in [-0.05, 0) is 42.0 Å². The number of anilines is 1. The Labute approximate surface area is 133 Å². The highest BCUT2D eigenvalue weighted by Gasteiger charge is 2.24. The summed E-state index contributed by atoms with van der Waals surface area (Å²) in [6, 6.07) is 20.5. The second kappa shape index (κ2) is 6.83. The summed E-state index contributed by atoms with van der Waals surface area (Å²) in [6.07, 6.45) is 1.64. The molecule has 4 heteroatoms. The van der Waals surface area contributed by atoms with E-state index < -0.39 is 5.92 Å². The van der Waals surface area contributed by atoms with Crippen LogP contribution in [0.4, 0.5) is 10.1 Å². The molecule has 0 bridgehead atoms. The maximum atomic E-state index is 13.2. The first kappa shape index (κ1) is 14.9. The van der Waals surface area contributed by atoms with E-state index in [0.717, 1.165) is 0 Å². The van der Waals surface area contributed by atoms with Crippen LogP contribution in [-0.2, 0) is 4.79 Å². The third kappa shape index (κ3) is 3.61. The largest absolute Gasteiger partial charge is 0.325 e. The van der Waals surface area contributed by atoms with Gasteiger partial charge in [0.2, 0.25) is 5.91 Å². The molecule has 1 amide bonds. The Kier molecular flexibility index (Phi) is 4.43. The SMILES string of the molecule is O=C(Nc1ccccc1)C(c1ccc(F)cc1)c1ccccn1. The summed E-state index contributed by atoms with van der Waals surface area (Å²) in [5.41, 5.74) is 2.02. The van der Waals surface area contributed by atoms with Crippen molar-refractivity contribution in [2.24, 2.45) is 0 Å². The normalized spacial score (nSPS) is 11.7. The lowest BCUT2D eigenvalue weighted by Crippen LogP contribution is -2.23. The Bertz CT molecular complexity index is 773. The molecular weight excluding hydrogens is 291 g/mol. The number of halogens is 1. The van der Waals surface area contributed by atoms with Gasteiger partial charge in [-0.25, -0.2) is 4.39 Å². The maximum Gasteiger partial charge on any atom is 0.237 e. The van der Waals surface area contributed by atoms with Crippen LogP contribution in [0.3, 0.4) is 0 Å². The number of pyridine rings is 1. The van der Waals surface area contributed by atoms with Gasteiger partial charge in [-0.15, -0.1) is 0 Å². The fraction of sp³-hybridized carbons (Fsp3) is 0.0526. The van der Waals surface area contributed by atoms with Gasteiger partial charge in [0.15, 0.2) is 0 Å². The molecule has 0 aliphatic rings. The number of amides is 1. The fourth-order valence-corrected chi connectivity index (χ4v) is 2.39. The van der Waals surface area contributed by atoms with Crippen LogP contribution >= 0.6 is 0 Å². The lowest BCUT2D eigenvalue weighted by atomic mass is 9.94. The summed E-state index contributed by atoms with van der Waals surface area (Å²) < 4.78 is 13.2. The molecule has 1 unspecified atom stereocenters. The van der Waals surface area contributed by atoms with Crippen molar-refractivity contribution < 1.29 is 9.18 Å². The number of nitrogens with zero attached hydrogens (tertiary/aromatic N) is 1. The van der Waals surface area contributed by atoms with Crippen molar-refractivity contribution in [2.45, 2.75) is 5.92 Å². The van der Waals surface area contributed by atoms with E-state index in [1.165, 1.54) is 12.1 Å². The van der Waals surface area contributed by atoms with Gasteiger partial charge in [0.25, 0.3) is 0 Å². The van der Waals surface area contributed by atoms with Crippen LogP contribution in [0, 0.1) is 5.82 Å². The molecule has 3 rings (SSSR count). The van der Waals surface area contributed by atoms with Gasteiger partial charge in [0.1, 0.15) is 11.7 Å². The molecule has 1 atom stereocenters. The molecule has 23 heavy (non-hydrogen) atoms. The van der Waals surface area contributed by atoms with Crippen molar-refractivity contribution in [2.75, 3.05) is 5.32 Å². The zero-order valence-electron chi connectivity index (χ0n) is 12.3. The molecule has 0 aliphatic heterocycles. The standard InChI is InChI=1S/C19H15FN2O/c20-15-11-9-14(10-12-15)18(17-8-4-5-13-21-17)19(23)22-16-6-2-1-3-7-16/h1-13,18H,(H,22,23). The highest BCUT2D eigenvalue weighted by molar-refractivity contribution is 5.97. The van der Waals surface area contributed by atoms with Crippen LogP contribution in [0.5, 0.6) is 0 Å². The predicted octanol–water partition coefficient (Wildman–Crippen LogP) is 3.99. The van der Waals surface area contributed by atoms with Gasteiger partial charge in [0.05, 0.1) is 5.69 Å². The van der Waals surface area contributed by atoms with Gasteiger partial charge in [-0.1, -0.05) is 36.4 Å². The molecule has 1 heterocycles. The highest BCUT2D eigenvalue weighted by Crippen LogP contribution is 2.25. The quantitative estimate of drug-likeness (QED) is 0.792. The van der Waals surface area contributed by atoms with Crippen molar-refractivity contribution >= 4 is 11.6 Å². The summed E-state index contributed by atoms with van der Waals surface area (Å²) in [7, 11) is 0. The molecule has 1 aromatic heterocycles. The van der Waals surface area contributed by atoms with Gasteiger partial charge >= 0.3 is 0 Å². The van der Waals surface area contributed by atoms with Gasteiger partial charge in [0, 0.05) is 11.9 Å². The van der Waals surface area contributed by atoms with Crippen LogP contribution in [-0.4, -0.2) is 10.9 Å². The lowest BCUT2D eigenvalue weighted by molar-refractivity contribution is -0.116. The summed E-state index contributed by atoms with van der Waals surface area (Å²) >= 11 is 0. The Balaban J connectivity index is 1.95. The first-order chi connectivity index (χ1) is 11.2. The van der Waals surface area contributed by atoms with E-state index in [2.05, 4.69) is 10.3 Å². The van der Waals surface area contributed by atoms with Crippen LogP contribution in [0.25, 0.3) is 0 Å². The van der Waals surface area contributed by atoms with E-state index in [4.69, 9.17) is 0 Å². The van der Waals surface area contributed by atoms with Crippen molar-refractivity contribution in [1.82, 2.24) is 4.98 Å². The number of rotatable bonds is 4. The third-order valence-corrected chi connectivity index (χ3v) is 3.49. The second-order valence-corrected chi connectivity index (χ2v) is 5.09. The first-order valence-corrected chi connectivity index (χ1v) is 7.26. The third-order valence-electron chi connectivity index (χ3n) is 3.49. The first-order valence-electron chi connectivity index (χ1n) is 7.26. The molecule has 1 N–H and O–H groups in total. The minimum absolute atomic E-state index is 0.207. The minimum Gasteiger partial charge on any atom is -0.325 e. The van der Waals surface area contributed by atoms with Crippen LogP contribution in [0.1, 0.15) is 17.2 Å². The highest BCUT2D eigenvalue weighted by atomic mass is 19.1. The van der Waals surface area contributed by atoms with Crippen molar-refractivity contribution in [1.29, 1.82) is 0 Å². The number of nitrogens with one attached hydrogen (secondary N) is 1. The topological polar surface area (TPSA) is 42.0 Å². The van der Waals surface area contributed by atoms with E-state index in [1.54, 1.807) is 30.5 Å². The molecule has 0 fully saturated rings. The molecule has 0 saturated carbocycles. The zero-order valence-corrected chi connectivity index (χ0v) is 12.3. The Hall–Kier alpha value is -3.01. The zero-order chi connectivity index (χ0) is 16.1. The predicted molar refractivity (Wildman–Crippen MR) is 87.6 cm³/mol. The van der Waals surface area contributed by atoms with Gasteiger partial charge in [-0.3, -0.25) is 9.78 Å². The summed E-state index contributed by atoms with van der Waals surface area (Å²) in [6.45, 7) is 0. The van der Waals surface area contributed by atoms with E-state index in [9.17, 15) is 9.18 Å². The number of carbonyl (C=O) groups excluding carboxylic acids is 1. The molecule has 0 radical (unpaired) electrons. The van der Waals surface area contributed by atoms with E-state index >= 15 is 0 Å². The minimum atomic E-state index is -0.600. The lowest BCUT2D eigenvalue weighted by Gasteiger charge is -2.17. The van der Waals surface area contributed by atoms with E-state index in [0.29, 0.717) is 16.9 Å². The van der Waals surface area contributed by atoms with Crippen LogP contribution in [0.2, 0.25) is 0 Å². The summed E-state index contributed by atoms with van der Waals surface area (Å²) in [4.78, 5) is 17.0. The van der Waals surface area contributed by atoms with Crippen molar-refractivity contribution in [3.8, 4) is 0 Å². The molecule has 0 saturated heterocycles. The number of benzene rings is 2. The number of hydrogen-bond donors (Lipinski definition) is 1.